The Hall–Kier alpha value is -3.15. The number of imidazole rings is 1. The summed E-state index contributed by atoms with van der Waals surface area (Å²) in [5.74, 6) is -0.356. The van der Waals surface area contributed by atoms with Crippen LogP contribution < -0.4 is 10.6 Å². The second kappa shape index (κ2) is 8.98. The highest BCUT2D eigenvalue weighted by atomic mass is 19.1. The van der Waals surface area contributed by atoms with Crippen molar-refractivity contribution in [2.24, 2.45) is 0 Å². The third kappa shape index (κ3) is 5.41. The van der Waals surface area contributed by atoms with E-state index in [0.717, 1.165) is 17.7 Å². The molecule has 0 fully saturated rings. The van der Waals surface area contributed by atoms with Gasteiger partial charge in [-0.15, -0.1) is 0 Å². The molecule has 0 aliphatic rings. The molecule has 2 aromatic carbocycles. The van der Waals surface area contributed by atoms with Crippen molar-refractivity contribution in [3.05, 3.63) is 84.2 Å². The molecule has 1 heterocycles. The highest BCUT2D eigenvalue weighted by Gasteiger charge is 2.13. The standard InChI is InChI=1S/C21H23FN4O/c1-2-19(14-26-11-10-23-15-26)25-21(27)17-4-3-5-20(12-17)24-13-16-6-8-18(22)9-7-16/h3-12,15,19,24H,2,13-14H2,1H3,(H,25,27)/t19-/m0/s1. The Bertz CT molecular complexity index is 862. The Kier molecular flexibility index (Phi) is 6.20. The Labute approximate surface area is 158 Å². The van der Waals surface area contributed by atoms with Gasteiger partial charge in [0.05, 0.1) is 6.33 Å². The number of carbonyl (C=O) groups is 1. The van der Waals surface area contributed by atoms with E-state index >= 15 is 0 Å². The van der Waals surface area contributed by atoms with Crippen LogP contribution in [0.4, 0.5) is 10.1 Å². The van der Waals surface area contributed by atoms with Gasteiger partial charge in [-0.05, 0) is 42.3 Å². The van der Waals surface area contributed by atoms with Gasteiger partial charge in [0.2, 0.25) is 0 Å². The minimum atomic E-state index is -0.251. The maximum atomic E-state index is 13.0. The van der Waals surface area contributed by atoms with Gasteiger partial charge in [0.15, 0.2) is 0 Å². The van der Waals surface area contributed by atoms with Gasteiger partial charge in [-0.25, -0.2) is 9.37 Å². The van der Waals surface area contributed by atoms with Crippen molar-refractivity contribution in [1.82, 2.24) is 14.9 Å². The molecule has 0 unspecified atom stereocenters. The highest BCUT2D eigenvalue weighted by molar-refractivity contribution is 5.95. The molecule has 0 aliphatic heterocycles. The number of hydrogen-bond donors (Lipinski definition) is 2. The molecular formula is C21H23FN4O. The summed E-state index contributed by atoms with van der Waals surface area (Å²) in [6.45, 7) is 3.29. The average Bonchev–Trinajstić information content (AvgIpc) is 3.20. The first-order valence-electron chi connectivity index (χ1n) is 8.99. The van der Waals surface area contributed by atoms with Crippen molar-refractivity contribution >= 4 is 11.6 Å². The van der Waals surface area contributed by atoms with E-state index in [1.807, 2.05) is 35.9 Å². The monoisotopic (exact) mass is 366 g/mol. The molecule has 3 aromatic rings. The highest BCUT2D eigenvalue weighted by Crippen LogP contribution is 2.13. The third-order valence-corrected chi connectivity index (χ3v) is 4.35. The summed E-state index contributed by atoms with van der Waals surface area (Å²) in [6, 6.07) is 13.7. The second-order valence-electron chi connectivity index (χ2n) is 6.40. The Morgan fingerprint density at radius 2 is 2.04 bits per heavy atom. The van der Waals surface area contributed by atoms with Crippen molar-refractivity contribution in [2.45, 2.75) is 32.5 Å². The van der Waals surface area contributed by atoms with Gasteiger partial charge in [-0.3, -0.25) is 4.79 Å². The predicted molar refractivity (Wildman–Crippen MR) is 104 cm³/mol. The van der Waals surface area contributed by atoms with Crippen LogP contribution in [0.15, 0.2) is 67.3 Å². The fourth-order valence-electron chi connectivity index (χ4n) is 2.77. The third-order valence-electron chi connectivity index (χ3n) is 4.35. The maximum absolute atomic E-state index is 13.0. The van der Waals surface area contributed by atoms with E-state index in [4.69, 9.17) is 0 Å². The molecule has 0 saturated heterocycles. The molecule has 1 amide bonds. The number of nitrogens with zero attached hydrogens (tertiary/aromatic N) is 2. The van der Waals surface area contributed by atoms with Crippen molar-refractivity contribution in [2.75, 3.05) is 5.32 Å². The van der Waals surface area contributed by atoms with Gasteiger partial charge < -0.3 is 15.2 Å². The van der Waals surface area contributed by atoms with Crippen molar-refractivity contribution < 1.29 is 9.18 Å². The topological polar surface area (TPSA) is 59.0 Å². The van der Waals surface area contributed by atoms with Crippen LogP contribution in [-0.2, 0) is 13.1 Å². The molecule has 0 spiro atoms. The summed E-state index contributed by atoms with van der Waals surface area (Å²) in [5.41, 5.74) is 2.41. The molecule has 27 heavy (non-hydrogen) atoms. The SMILES string of the molecule is CC[C@@H](Cn1ccnc1)NC(=O)c1cccc(NCc2ccc(F)cc2)c1. The minimum Gasteiger partial charge on any atom is -0.381 e. The van der Waals surface area contributed by atoms with E-state index in [0.29, 0.717) is 18.7 Å². The van der Waals surface area contributed by atoms with E-state index in [1.165, 1.54) is 12.1 Å². The lowest BCUT2D eigenvalue weighted by molar-refractivity contribution is 0.0932. The van der Waals surface area contributed by atoms with E-state index in [1.54, 1.807) is 30.7 Å². The molecule has 0 radical (unpaired) electrons. The zero-order valence-corrected chi connectivity index (χ0v) is 15.2. The first kappa shape index (κ1) is 18.6. The Morgan fingerprint density at radius 1 is 1.22 bits per heavy atom. The van der Waals surface area contributed by atoms with Crippen LogP contribution in [0.3, 0.4) is 0 Å². The van der Waals surface area contributed by atoms with Crippen LogP contribution >= 0.6 is 0 Å². The van der Waals surface area contributed by atoms with Gasteiger partial charge in [0.1, 0.15) is 5.82 Å². The average molecular weight is 366 g/mol. The number of rotatable bonds is 8. The number of halogens is 1. The van der Waals surface area contributed by atoms with Crippen LogP contribution in [-0.4, -0.2) is 21.5 Å². The molecule has 140 valence electrons. The van der Waals surface area contributed by atoms with Crippen LogP contribution in [0.1, 0.15) is 29.3 Å². The van der Waals surface area contributed by atoms with Crippen molar-refractivity contribution in [3.8, 4) is 0 Å². The van der Waals surface area contributed by atoms with Crippen molar-refractivity contribution in [1.29, 1.82) is 0 Å². The molecule has 0 bridgehead atoms. The molecule has 0 saturated carbocycles. The molecule has 5 nitrogen and oxygen atoms in total. The molecule has 1 atom stereocenters. The number of hydrogen-bond acceptors (Lipinski definition) is 3. The fraction of sp³-hybridized carbons (Fsp3) is 0.238. The van der Waals surface area contributed by atoms with Crippen molar-refractivity contribution in [3.63, 3.8) is 0 Å². The van der Waals surface area contributed by atoms with Gasteiger partial charge in [-0.1, -0.05) is 25.1 Å². The fourth-order valence-corrected chi connectivity index (χ4v) is 2.77. The van der Waals surface area contributed by atoms with E-state index in [-0.39, 0.29) is 17.8 Å². The summed E-state index contributed by atoms with van der Waals surface area (Å²) in [4.78, 5) is 16.6. The molecule has 1 aromatic heterocycles. The first-order valence-corrected chi connectivity index (χ1v) is 8.99. The van der Waals surface area contributed by atoms with E-state index in [9.17, 15) is 9.18 Å². The number of nitrogens with one attached hydrogen (secondary N) is 2. The van der Waals surface area contributed by atoms with Gasteiger partial charge in [0.25, 0.3) is 5.91 Å². The number of amides is 1. The normalized spacial score (nSPS) is 11.8. The zero-order chi connectivity index (χ0) is 19.1. The van der Waals surface area contributed by atoms with Crippen LogP contribution in [0.25, 0.3) is 0 Å². The number of benzene rings is 2. The largest absolute Gasteiger partial charge is 0.381 e. The second-order valence-corrected chi connectivity index (χ2v) is 6.40. The lowest BCUT2D eigenvalue weighted by atomic mass is 10.1. The van der Waals surface area contributed by atoms with E-state index in [2.05, 4.69) is 15.6 Å². The van der Waals surface area contributed by atoms with Crippen LogP contribution in [0.5, 0.6) is 0 Å². The lowest BCUT2D eigenvalue weighted by Gasteiger charge is -2.18. The number of carbonyl (C=O) groups excluding carboxylic acids is 1. The summed E-state index contributed by atoms with van der Waals surface area (Å²) in [6.07, 6.45) is 6.18. The number of anilines is 1. The quantitative estimate of drug-likeness (QED) is 0.637. The minimum absolute atomic E-state index is 0.0301. The predicted octanol–water partition coefficient (Wildman–Crippen LogP) is 3.84. The molecule has 0 aliphatic carbocycles. The first-order chi connectivity index (χ1) is 13.1. The Balaban J connectivity index is 1.59. The smallest absolute Gasteiger partial charge is 0.251 e. The van der Waals surface area contributed by atoms with Crippen LogP contribution in [0, 0.1) is 5.82 Å². The van der Waals surface area contributed by atoms with Gasteiger partial charge in [-0.2, -0.15) is 0 Å². The summed E-state index contributed by atoms with van der Waals surface area (Å²) in [5, 5.41) is 6.34. The summed E-state index contributed by atoms with van der Waals surface area (Å²) < 4.78 is 14.9. The Morgan fingerprint density at radius 3 is 2.74 bits per heavy atom. The zero-order valence-electron chi connectivity index (χ0n) is 15.2. The van der Waals surface area contributed by atoms with E-state index < -0.39 is 0 Å². The van der Waals surface area contributed by atoms with Gasteiger partial charge >= 0.3 is 0 Å². The van der Waals surface area contributed by atoms with Crippen LogP contribution in [0.2, 0.25) is 0 Å². The summed E-state index contributed by atoms with van der Waals surface area (Å²) >= 11 is 0. The molecule has 6 heteroatoms. The summed E-state index contributed by atoms with van der Waals surface area (Å²) in [7, 11) is 0. The molecule has 2 N–H and O–H groups in total. The maximum Gasteiger partial charge on any atom is 0.251 e. The molecule has 3 rings (SSSR count). The lowest BCUT2D eigenvalue weighted by Crippen LogP contribution is -2.37. The number of aromatic nitrogens is 2. The van der Waals surface area contributed by atoms with Gasteiger partial charge in [0, 0.05) is 42.8 Å². The molecular weight excluding hydrogens is 343 g/mol.